The Hall–Kier alpha value is -1.79. The van der Waals surface area contributed by atoms with Crippen LogP contribution in [0.5, 0.6) is 0 Å². The molecule has 2 unspecified atom stereocenters. The van der Waals surface area contributed by atoms with Crippen LogP contribution >= 0.6 is 11.6 Å². The summed E-state index contributed by atoms with van der Waals surface area (Å²) in [4.78, 5) is 26.0. The first-order valence-electron chi connectivity index (χ1n) is 7.93. The second kappa shape index (κ2) is 6.76. The van der Waals surface area contributed by atoms with Gasteiger partial charge in [0.1, 0.15) is 0 Å². The van der Waals surface area contributed by atoms with Crippen molar-refractivity contribution < 1.29 is 9.59 Å². The van der Waals surface area contributed by atoms with E-state index in [1.165, 1.54) is 0 Å². The molecule has 0 aliphatic carbocycles. The molecule has 3 rings (SSSR count). The Kier molecular flexibility index (Phi) is 4.73. The van der Waals surface area contributed by atoms with E-state index in [-0.39, 0.29) is 18.0 Å². The average molecular weight is 337 g/mol. The van der Waals surface area contributed by atoms with E-state index in [9.17, 15) is 9.59 Å². The number of carbonyl (C=O) groups excluding carboxylic acids is 2. The van der Waals surface area contributed by atoms with Crippen LogP contribution in [0.4, 0.5) is 10.5 Å². The third-order valence-electron chi connectivity index (χ3n) is 4.51. The van der Waals surface area contributed by atoms with E-state index in [4.69, 9.17) is 11.6 Å². The lowest BCUT2D eigenvalue weighted by molar-refractivity contribution is 0.0915. The minimum absolute atomic E-state index is 0.0889. The van der Waals surface area contributed by atoms with Crippen LogP contribution in [0.1, 0.15) is 23.7 Å². The first-order valence-corrected chi connectivity index (χ1v) is 8.30. The number of halogens is 1. The Bertz CT molecular complexity index is 622. The number of hydrogen-bond donors (Lipinski definition) is 3. The van der Waals surface area contributed by atoms with Gasteiger partial charge in [-0.3, -0.25) is 9.69 Å². The van der Waals surface area contributed by atoms with Gasteiger partial charge in [-0.05, 0) is 37.1 Å². The van der Waals surface area contributed by atoms with Crippen LogP contribution in [0.2, 0.25) is 5.02 Å². The lowest BCUT2D eigenvalue weighted by atomic mass is 9.94. The van der Waals surface area contributed by atoms with Crippen molar-refractivity contribution in [2.45, 2.75) is 19.4 Å². The minimum Gasteiger partial charge on any atom is -0.348 e. The van der Waals surface area contributed by atoms with E-state index in [1.807, 2.05) is 0 Å². The quantitative estimate of drug-likeness (QED) is 0.785. The highest BCUT2D eigenvalue weighted by Crippen LogP contribution is 2.25. The van der Waals surface area contributed by atoms with Crippen LogP contribution in [0, 0.1) is 5.92 Å². The van der Waals surface area contributed by atoms with Crippen molar-refractivity contribution in [2.75, 3.05) is 31.1 Å². The predicted octanol–water partition coefficient (Wildman–Crippen LogP) is 1.60. The minimum atomic E-state index is -0.197. The number of hydrogen-bond acceptors (Lipinski definition) is 3. The number of urea groups is 1. The summed E-state index contributed by atoms with van der Waals surface area (Å²) >= 11 is 6.19. The molecular formula is C16H21ClN4O2. The third kappa shape index (κ3) is 3.43. The molecular weight excluding hydrogens is 316 g/mol. The van der Waals surface area contributed by atoms with Gasteiger partial charge in [-0.15, -0.1) is 0 Å². The molecule has 0 radical (unpaired) electrons. The van der Waals surface area contributed by atoms with Gasteiger partial charge >= 0.3 is 6.03 Å². The zero-order valence-electron chi connectivity index (χ0n) is 13.1. The Morgan fingerprint density at radius 3 is 2.91 bits per heavy atom. The molecule has 2 atom stereocenters. The molecule has 1 aromatic rings. The van der Waals surface area contributed by atoms with E-state index in [1.54, 1.807) is 23.1 Å². The Morgan fingerprint density at radius 2 is 2.22 bits per heavy atom. The van der Waals surface area contributed by atoms with Gasteiger partial charge in [-0.1, -0.05) is 18.5 Å². The molecule has 2 heterocycles. The lowest BCUT2D eigenvalue weighted by Crippen LogP contribution is -2.50. The highest BCUT2D eigenvalue weighted by Gasteiger charge is 2.26. The van der Waals surface area contributed by atoms with E-state index in [0.29, 0.717) is 35.3 Å². The monoisotopic (exact) mass is 336 g/mol. The van der Waals surface area contributed by atoms with Crippen LogP contribution in [0.25, 0.3) is 0 Å². The maximum absolute atomic E-state index is 12.6. The first kappa shape index (κ1) is 16.1. The number of carbonyl (C=O) groups is 2. The predicted molar refractivity (Wildman–Crippen MR) is 90.1 cm³/mol. The van der Waals surface area contributed by atoms with Gasteiger partial charge in [0.25, 0.3) is 5.91 Å². The zero-order chi connectivity index (χ0) is 16.4. The highest BCUT2D eigenvalue weighted by atomic mass is 35.5. The molecule has 2 aliphatic heterocycles. The summed E-state index contributed by atoms with van der Waals surface area (Å²) in [6, 6.07) is 5.05. The average Bonchev–Trinajstić information content (AvgIpc) is 2.96. The van der Waals surface area contributed by atoms with Gasteiger partial charge in [0.15, 0.2) is 0 Å². The summed E-state index contributed by atoms with van der Waals surface area (Å²) in [6.45, 7) is 5.07. The molecule has 0 aromatic heterocycles. The van der Waals surface area contributed by atoms with Crippen molar-refractivity contribution in [2.24, 2.45) is 5.92 Å². The second-order valence-corrected chi connectivity index (χ2v) is 6.50. The van der Waals surface area contributed by atoms with Gasteiger partial charge < -0.3 is 16.0 Å². The number of nitrogens with zero attached hydrogens (tertiary/aromatic N) is 1. The van der Waals surface area contributed by atoms with Crippen LogP contribution in [-0.2, 0) is 0 Å². The SMILES string of the molecule is CC1CCNCC1NC(=O)c1cc(N2CCNC2=O)ccc1Cl. The molecule has 0 saturated carbocycles. The summed E-state index contributed by atoms with van der Waals surface area (Å²) in [7, 11) is 0. The van der Waals surface area contributed by atoms with E-state index >= 15 is 0 Å². The second-order valence-electron chi connectivity index (χ2n) is 6.10. The van der Waals surface area contributed by atoms with Crippen molar-refractivity contribution in [1.29, 1.82) is 0 Å². The summed E-state index contributed by atoms with van der Waals surface area (Å²) in [5.41, 5.74) is 1.09. The number of rotatable bonds is 3. The van der Waals surface area contributed by atoms with Crippen LogP contribution in [0.3, 0.4) is 0 Å². The summed E-state index contributed by atoms with van der Waals surface area (Å²) in [5, 5.41) is 9.48. The number of benzene rings is 1. The van der Waals surface area contributed by atoms with E-state index in [0.717, 1.165) is 19.5 Å². The topological polar surface area (TPSA) is 73.5 Å². The van der Waals surface area contributed by atoms with Crippen molar-refractivity contribution in [1.82, 2.24) is 16.0 Å². The maximum atomic E-state index is 12.6. The maximum Gasteiger partial charge on any atom is 0.321 e. The Labute approximate surface area is 140 Å². The van der Waals surface area contributed by atoms with Crippen molar-refractivity contribution in [3.63, 3.8) is 0 Å². The van der Waals surface area contributed by atoms with Gasteiger partial charge in [0.05, 0.1) is 10.6 Å². The van der Waals surface area contributed by atoms with Gasteiger partial charge in [-0.25, -0.2) is 4.79 Å². The molecule has 2 saturated heterocycles. The molecule has 1 aromatic carbocycles. The van der Waals surface area contributed by atoms with Crippen LogP contribution in [-0.4, -0.2) is 44.2 Å². The summed E-state index contributed by atoms with van der Waals surface area (Å²) in [6.07, 6.45) is 1.03. The number of piperidine rings is 1. The molecule has 6 nitrogen and oxygen atoms in total. The molecule has 3 amide bonds. The summed E-state index contributed by atoms with van der Waals surface area (Å²) < 4.78 is 0. The zero-order valence-corrected chi connectivity index (χ0v) is 13.8. The highest BCUT2D eigenvalue weighted by molar-refractivity contribution is 6.34. The fourth-order valence-corrected chi connectivity index (χ4v) is 3.21. The molecule has 3 N–H and O–H groups in total. The van der Waals surface area contributed by atoms with Crippen molar-refractivity contribution in [3.8, 4) is 0 Å². The third-order valence-corrected chi connectivity index (χ3v) is 4.84. The lowest BCUT2D eigenvalue weighted by Gasteiger charge is -2.30. The molecule has 2 aliphatic rings. The number of nitrogens with one attached hydrogen (secondary N) is 3. The van der Waals surface area contributed by atoms with Gasteiger partial charge in [0.2, 0.25) is 0 Å². The van der Waals surface area contributed by atoms with Gasteiger partial charge in [-0.2, -0.15) is 0 Å². The fraction of sp³-hybridized carbons (Fsp3) is 0.500. The summed E-state index contributed by atoms with van der Waals surface area (Å²) in [5.74, 6) is 0.225. The van der Waals surface area contributed by atoms with Crippen molar-refractivity contribution in [3.05, 3.63) is 28.8 Å². The fourth-order valence-electron chi connectivity index (χ4n) is 3.00. The van der Waals surface area contributed by atoms with Crippen molar-refractivity contribution >= 4 is 29.2 Å². The Balaban J connectivity index is 1.78. The van der Waals surface area contributed by atoms with E-state index in [2.05, 4.69) is 22.9 Å². The smallest absolute Gasteiger partial charge is 0.321 e. The normalized spacial score (nSPS) is 24.4. The molecule has 2 fully saturated rings. The standard InChI is InChI=1S/C16H21ClN4O2/c1-10-4-5-18-9-14(10)20-15(22)12-8-11(2-3-13(12)17)21-7-6-19-16(21)23/h2-3,8,10,14,18H,4-7,9H2,1H3,(H,19,23)(H,20,22). The first-order chi connectivity index (χ1) is 11.1. The molecule has 0 bridgehead atoms. The number of amides is 3. The van der Waals surface area contributed by atoms with E-state index < -0.39 is 0 Å². The van der Waals surface area contributed by atoms with Crippen LogP contribution < -0.4 is 20.9 Å². The van der Waals surface area contributed by atoms with Crippen LogP contribution in [0.15, 0.2) is 18.2 Å². The number of anilines is 1. The largest absolute Gasteiger partial charge is 0.348 e. The van der Waals surface area contributed by atoms with Gasteiger partial charge in [0, 0.05) is 31.4 Å². The molecule has 7 heteroatoms. The Morgan fingerprint density at radius 1 is 1.39 bits per heavy atom. The molecule has 0 spiro atoms. The molecule has 23 heavy (non-hydrogen) atoms. The molecule has 124 valence electrons.